The fourth-order valence-electron chi connectivity index (χ4n) is 2.89. The molecule has 1 unspecified atom stereocenters. The number of pyridine rings is 1. The van der Waals surface area contributed by atoms with Crippen molar-refractivity contribution >= 4 is 0 Å². The first-order valence-corrected chi connectivity index (χ1v) is 10.0. The molecule has 0 N–H and O–H groups in total. The summed E-state index contributed by atoms with van der Waals surface area (Å²) in [5.41, 5.74) is 3.10. The van der Waals surface area contributed by atoms with Crippen molar-refractivity contribution in [3.63, 3.8) is 0 Å². The summed E-state index contributed by atoms with van der Waals surface area (Å²) < 4.78 is 19.1. The van der Waals surface area contributed by atoms with Crippen molar-refractivity contribution in [1.29, 1.82) is 0 Å². The van der Waals surface area contributed by atoms with Gasteiger partial charge < -0.3 is 4.74 Å². The van der Waals surface area contributed by atoms with Crippen LogP contribution in [0, 0.1) is 0 Å². The number of ether oxygens (including phenoxy) is 1. The topological polar surface area (TPSA) is 22.1 Å². The van der Waals surface area contributed by atoms with Crippen LogP contribution < -0.4 is 4.74 Å². The van der Waals surface area contributed by atoms with Gasteiger partial charge in [-0.1, -0.05) is 45.6 Å². The number of rotatable bonds is 12. The van der Waals surface area contributed by atoms with Crippen LogP contribution in [0.1, 0.15) is 64.4 Å². The second kappa shape index (κ2) is 11.7. The SMILES string of the molecule is CCCCCCCOc1ccc(-c2ccc(CCC(F)CC)cn2)cc1. The van der Waals surface area contributed by atoms with Crippen molar-refractivity contribution in [3.05, 3.63) is 48.2 Å². The van der Waals surface area contributed by atoms with Gasteiger partial charge in [-0.05, 0) is 61.6 Å². The third kappa shape index (κ3) is 7.15. The summed E-state index contributed by atoms with van der Waals surface area (Å²) in [7, 11) is 0. The highest BCUT2D eigenvalue weighted by Gasteiger charge is 2.05. The van der Waals surface area contributed by atoms with Crippen molar-refractivity contribution in [2.24, 2.45) is 0 Å². The molecule has 2 nitrogen and oxygen atoms in total. The molecule has 3 heteroatoms. The maximum absolute atomic E-state index is 13.3. The zero-order valence-electron chi connectivity index (χ0n) is 16.2. The highest BCUT2D eigenvalue weighted by atomic mass is 19.1. The van der Waals surface area contributed by atoms with Crippen molar-refractivity contribution in [3.8, 4) is 17.0 Å². The maximum Gasteiger partial charge on any atom is 0.119 e. The maximum atomic E-state index is 13.3. The van der Waals surface area contributed by atoms with E-state index in [9.17, 15) is 4.39 Å². The molecule has 1 aromatic heterocycles. The van der Waals surface area contributed by atoms with Crippen molar-refractivity contribution < 1.29 is 9.13 Å². The highest BCUT2D eigenvalue weighted by Crippen LogP contribution is 2.21. The van der Waals surface area contributed by atoms with Crippen LogP contribution >= 0.6 is 0 Å². The van der Waals surface area contributed by atoms with Gasteiger partial charge in [0, 0.05) is 11.8 Å². The number of nitrogens with zero attached hydrogens (tertiary/aromatic N) is 1. The van der Waals surface area contributed by atoms with E-state index in [1.807, 2.05) is 49.5 Å². The van der Waals surface area contributed by atoms with Crippen LogP contribution in [0.3, 0.4) is 0 Å². The molecule has 0 aliphatic carbocycles. The zero-order valence-corrected chi connectivity index (χ0v) is 16.2. The molecule has 0 spiro atoms. The van der Waals surface area contributed by atoms with Gasteiger partial charge in [0.1, 0.15) is 11.9 Å². The van der Waals surface area contributed by atoms with Gasteiger partial charge in [0.15, 0.2) is 0 Å². The molecule has 0 radical (unpaired) electrons. The lowest BCUT2D eigenvalue weighted by Crippen LogP contribution is -2.00. The standard InChI is InChI=1S/C23H32FNO/c1-3-5-6-7-8-17-26-22-14-11-20(12-15-22)23-16-10-19(18-25-23)9-13-21(24)4-2/h10-12,14-16,18,21H,3-9,13,17H2,1-2H3. The van der Waals surface area contributed by atoms with Crippen molar-refractivity contribution in [1.82, 2.24) is 4.98 Å². The van der Waals surface area contributed by atoms with E-state index in [2.05, 4.69) is 11.9 Å². The normalized spacial score (nSPS) is 12.1. The number of aryl methyl sites for hydroxylation is 1. The Labute approximate surface area is 157 Å². The number of halogens is 1. The molecule has 1 heterocycles. The van der Waals surface area contributed by atoms with Crippen LogP contribution in [-0.2, 0) is 6.42 Å². The Morgan fingerprint density at radius 2 is 1.73 bits per heavy atom. The molecule has 1 atom stereocenters. The number of hydrogen-bond donors (Lipinski definition) is 0. The second-order valence-electron chi connectivity index (χ2n) is 6.88. The van der Waals surface area contributed by atoms with Gasteiger partial charge in [-0.3, -0.25) is 4.98 Å². The fraction of sp³-hybridized carbons (Fsp3) is 0.522. The minimum Gasteiger partial charge on any atom is -0.494 e. The van der Waals surface area contributed by atoms with Crippen LogP contribution in [0.15, 0.2) is 42.6 Å². The lowest BCUT2D eigenvalue weighted by Gasteiger charge is -2.08. The van der Waals surface area contributed by atoms with E-state index in [1.54, 1.807) is 0 Å². The minimum atomic E-state index is -0.714. The van der Waals surface area contributed by atoms with Crippen LogP contribution in [0.5, 0.6) is 5.75 Å². The summed E-state index contributed by atoms with van der Waals surface area (Å²) in [5.74, 6) is 0.911. The Kier molecular flexibility index (Phi) is 9.16. The summed E-state index contributed by atoms with van der Waals surface area (Å²) in [6.45, 7) is 4.89. The van der Waals surface area contributed by atoms with E-state index in [0.29, 0.717) is 12.8 Å². The van der Waals surface area contributed by atoms with Gasteiger partial charge >= 0.3 is 0 Å². The van der Waals surface area contributed by atoms with Gasteiger partial charge in [0.25, 0.3) is 0 Å². The molecule has 2 aromatic rings. The molecule has 0 amide bonds. The molecule has 0 aliphatic heterocycles. The Bertz CT molecular complexity index is 609. The summed E-state index contributed by atoms with van der Waals surface area (Å²) >= 11 is 0. The van der Waals surface area contributed by atoms with Gasteiger partial charge in [-0.25, -0.2) is 4.39 Å². The highest BCUT2D eigenvalue weighted by molar-refractivity contribution is 5.60. The van der Waals surface area contributed by atoms with E-state index >= 15 is 0 Å². The average Bonchev–Trinajstić information content (AvgIpc) is 2.69. The minimum absolute atomic E-state index is 0.571. The van der Waals surface area contributed by atoms with Gasteiger partial charge in [0.2, 0.25) is 0 Å². The number of benzene rings is 1. The van der Waals surface area contributed by atoms with Crippen LogP contribution in [0.2, 0.25) is 0 Å². The number of hydrogen-bond acceptors (Lipinski definition) is 2. The van der Waals surface area contributed by atoms with Gasteiger partial charge in [0.05, 0.1) is 12.3 Å². The molecule has 0 bridgehead atoms. The largest absolute Gasteiger partial charge is 0.494 e. The quantitative estimate of drug-likeness (QED) is 0.391. The Balaban J connectivity index is 1.80. The van der Waals surface area contributed by atoms with Gasteiger partial charge in [-0.15, -0.1) is 0 Å². The fourth-order valence-corrected chi connectivity index (χ4v) is 2.89. The number of unbranched alkanes of at least 4 members (excludes halogenated alkanes) is 4. The second-order valence-corrected chi connectivity index (χ2v) is 6.88. The summed E-state index contributed by atoms with van der Waals surface area (Å²) in [6.07, 6.45) is 9.28. The monoisotopic (exact) mass is 357 g/mol. The molecule has 2 rings (SSSR count). The van der Waals surface area contributed by atoms with Gasteiger partial charge in [-0.2, -0.15) is 0 Å². The van der Waals surface area contributed by atoms with E-state index < -0.39 is 6.17 Å². The first kappa shape index (κ1) is 20.4. The van der Waals surface area contributed by atoms with Crippen molar-refractivity contribution in [2.45, 2.75) is 71.4 Å². The first-order valence-electron chi connectivity index (χ1n) is 10.0. The Morgan fingerprint density at radius 3 is 2.38 bits per heavy atom. The number of aromatic nitrogens is 1. The molecule has 26 heavy (non-hydrogen) atoms. The van der Waals surface area contributed by atoms with E-state index in [4.69, 9.17) is 4.74 Å². The molecular formula is C23H32FNO. The van der Waals surface area contributed by atoms with Crippen LogP contribution in [0.25, 0.3) is 11.3 Å². The molecule has 0 aliphatic rings. The predicted molar refractivity (Wildman–Crippen MR) is 107 cm³/mol. The van der Waals surface area contributed by atoms with E-state index in [1.165, 1.54) is 25.7 Å². The molecule has 1 aromatic carbocycles. The number of alkyl halides is 1. The molecule has 142 valence electrons. The van der Waals surface area contributed by atoms with Crippen molar-refractivity contribution in [2.75, 3.05) is 6.61 Å². The third-order valence-electron chi connectivity index (χ3n) is 4.68. The molecule has 0 saturated carbocycles. The van der Waals surface area contributed by atoms with Crippen LogP contribution in [0.4, 0.5) is 4.39 Å². The summed E-state index contributed by atoms with van der Waals surface area (Å²) in [6, 6.07) is 12.2. The average molecular weight is 358 g/mol. The van der Waals surface area contributed by atoms with E-state index in [0.717, 1.165) is 42.0 Å². The van der Waals surface area contributed by atoms with E-state index in [-0.39, 0.29) is 0 Å². The summed E-state index contributed by atoms with van der Waals surface area (Å²) in [4.78, 5) is 4.52. The summed E-state index contributed by atoms with van der Waals surface area (Å²) in [5, 5.41) is 0. The third-order valence-corrected chi connectivity index (χ3v) is 4.68. The molecular weight excluding hydrogens is 325 g/mol. The smallest absolute Gasteiger partial charge is 0.119 e. The predicted octanol–water partition coefficient (Wildman–Crippen LogP) is 6.78. The lowest BCUT2D eigenvalue weighted by molar-refractivity contribution is 0.304. The Hall–Kier alpha value is -1.90. The lowest BCUT2D eigenvalue weighted by atomic mass is 10.1. The molecule has 0 fully saturated rings. The Morgan fingerprint density at radius 1 is 0.962 bits per heavy atom. The van der Waals surface area contributed by atoms with Crippen LogP contribution in [-0.4, -0.2) is 17.8 Å². The molecule has 0 saturated heterocycles. The zero-order chi connectivity index (χ0) is 18.6. The first-order chi connectivity index (χ1) is 12.7.